The Morgan fingerprint density at radius 3 is 2.60 bits per heavy atom. The van der Waals surface area contributed by atoms with E-state index in [1.54, 1.807) is 0 Å². The number of nitro groups is 1. The first-order chi connectivity index (χ1) is 12.0. The van der Waals surface area contributed by atoms with E-state index in [-0.39, 0.29) is 35.9 Å². The standard InChI is InChI=1S/C17H17BrN2O5/c18-13-3-6-15(7-4-13)25-9-1-2-17(22)19-11-12-10-14(20(23)24)5-8-16(12)21/h3-8,10,21H,1-2,9,11H2,(H,19,22)/p-1. The molecule has 0 spiro atoms. The topological polar surface area (TPSA) is 105 Å². The fourth-order valence-electron chi connectivity index (χ4n) is 2.05. The molecule has 0 radical (unpaired) electrons. The minimum absolute atomic E-state index is 0.0348. The van der Waals surface area contributed by atoms with Crippen LogP contribution in [0, 0.1) is 10.1 Å². The molecular weight excluding hydrogens is 392 g/mol. The first kappa shape index (κ1) is 18.7. The molecule has 0 aliphatic carbocycles. The van der Waals surface area contributed by atoms with Gasteiger partial charge < -0.3 is 15.2 Å². The molecular formula is C17H16BrN2O5-. The van der Waals surface area contributed by atoms with Crippen molar-refractivity contribution in [3.05, 3.63) is 62.6 Å². The lowest BCUT2D eigenvalue weighted by Gasteiger charge is -2.13. The maximum Gasteiger partial charge on any atom is 0.269 e. The van der Waals surface area contributed by atoms with E-state index in [0.29, 0.717) is 13.0 Å². The maximum absolute atomic E-state index is 11.8. The maximum atomic E-state index is 11.8. The highest BCUT2D eigenvalue weighted by molar-refractivity contribution is 9.10. The molecule has 0 saturated heterocycles. The van der Waals surface area contributed by atoms with Crippen molar-refractivity contribution in [1.29, 1.82) is 0 Å². The van der Waals surface area contributed by atoms with E-state index in [4.69, 9.17) is 4.74 Å². The number of benzene rings is 2. The average molecular weight is 408 g/mol. The van der Waals surface area contributed by atoms with Gasteiger partial charge in [-0.05, 0) is 36.2 Å². The van der Waals surface area contributed by atoms with Gasteiger partial charge in [-0.2, -0.15) is 0 Å². The third-order valence-electron chi connectivity index (χ3n) is 3.36. The van der Waals surface area contributed by atoms with E-state index in [9.17, 15) is 20.0 Å². The smallest absolute Gasteiger partial charge is 0.269 e. The molecule has 0 heterocycles. The van der Waals surface area contributed by atoms with Crippen LogP contribution < -0.4 is 15.2 Å². The number of hydrogen-bond acceptors (Lipinski definition) is 5. The van der Waals surface area contributed by atoms with Crippen molar-refractivity contribution in [3.63, 3.8) is 0 Å². The molecule has 2 rings (SSSR count). The van der Waals surface area contributed by atoms with Gasteiger partial charge in [0.05, 0.1) is 11.5 Å². The Bertz CT molecular complexity index is 749. The van der Waals surface area contributed by atoms with Crippen LogP contribution in [0.5, 0.6) is 11.5 Å². The molecule has 1 N–H and O–H groups in total. The summed E-state index contributed by atoms with van der Waals surface area (Å²) in [6, 6.07) is 10.8. The fraction of sp³-hybridized carbons (Fsp3) is 0.235. The van der Waals surface area contributed by atoms with E-state index < -0.39 is 4.92 Å². The van der Waals surface area contributed by atoms with Gasteiger partial charge in [0.15, 0.2) is 0 Å². The van der Waals surface area contributed by atoms with Crippen molar-refractivity contribution >= 4 is 27.5 Å². The second-order valence-electron chi connectivity index (χ2n) is 5.23. The monoisotopic (exact) mass is 407 g/mol. The summed E-state index contributed by atoms with van der Waals surface area (Å²) >= 11 is 3.33. The molecule has 8 heteroatoms. The van der Waals surface area contributed by atoms with Crippen molar-refractivity contribution < 1.29 is 19.6 Å². The minimum Gasteiger partial charge on any atom is -0.872 e. The van der Waals surface area contributed by atoms with Crippen LogP contribution in [0.2, 0.25) is 0 Å². The summed E-state index contributed by atoms with van der Waals surface area (Å²) in [5, 5.41) is 25.0. The van der Waals surface area contributed by atoms with Crippen molar-refractivity contribution in [2.24, 2.45) is 0 Å². The number of carbonyl (C=O) groups excluding carboxylic acids is 1. The molecule has 2 aromatic rings. The van der Waals surface area contributed by atoms with Crippen LogP contribution >= 0.6 is 15.9 Å². The van der Waals surface area contributed by atoms with Crippen LogP contribution in [0.4, 0.5) is 5.69 Å². The number of hydrogen-bond donors (Lipinski definition) is 1. The van der Waals surface area contributed by atoms with Crippen molar-refractivity contribution in [2.75, 3.05) is 6.61 Å². The number of non-ortho nitro benzene ring substituents is 1. The molecule has 0 bridgehead atoms. The molecule has 1 amide bonds. The highest BCUT2D eigenvalue weighted by Gasteiger charge is 2.08. The molecule has 0 aliphatic rings. The van der Waals surface area contributed by atoms with E-state index in [2.05, 4.69) is 21.2 Å². The Morgan fingerprint density at radius 2 is 1.92 bits per heavy atom. The Morgan fingerprint density at radius 1 is 1.20 bits per heavy atom. The summed E-state index contributed by atoms with van der Waals surface area (Å²) in [6.45, 7) is 0.353. The molecule has 0 aromatic heterocycles. The van der Waals surface area contributed by atoms with Gasteiger partial charge in [-0.25, -0.2) is 0 Å². The Balaban J connectivity index is 1.73. The normalized spacial score (nSPS) is 10.3. The first-order valence-corrected chi connectivity index (χ1v) is 8.34. The first-order valence-electron chi connectivity index (χ1n) is 7.55. The Labute approximate surface area is 152 Å². The van der Waals surface area contributed by atoms with Gasteiger partial charge in [-0.1, -0.05) is 22.0 Å². The summed E-state index contributed by atoms with van der Waals surface area (Å²) < 4.78 is 6.47. The van der Waals surface area contributed by atoms with E-state index in [0.717, 1.165) is 22.4 Å². The molecule has 132 valence electrons. The van der Waals surface area contributed by atoms with E-state index in [1.165, 1.54) is 6.07 Å². The number of amides is 1. The Kier molecular flexibility index (Phi) is 6.76. The van der Waals surface area contributed by atoms with Gasteiger partial charge in [0.25, 0.3) is 5.69 Å². The lowest BCUT2D eigenvalue weighted by atomic mass is 10.1. The SMILES string of the molecule is O=C(CCCOc1ccc(Br)cc1)NCc1cc([N+](=O)[O-])ccc1[O-]. The van der Waals surface area contributed by atoms with Gasteiger partial charge in [0.1, 0.15) is 5.75 Å². The fourth-order valence-corrected chi connectivity index (χ4v) is 2.32. The van der Waals surface area contributed by atoms with Crippen molar-refractivity contribution in [2.45, 2.75) is 19.4 Å². The number of halogens is 1. The van der Waals surface area contributed by atoms with Gasteiger partial charge in [-0.3, -0.25) is 14.9 Å². The van der Waals surface area contributed by atoms with Crippen LogP contribution in [0.15, 0.2) is 46.9 Å². The van der Waals surface area contributed by atoms with Crippen LogP contribution in [-0.4, -0.2) is 17.4 Å². The zero-order chi connectivity index (χ0) is 18.2. The predicted molar refractivity (Wildman–Crippen MR) is 93.3 cm³/mol. The van der Waals surface area contributed by atoms with Gasteiger partial charge in [-0.15, -0.1) is 5.75 Å². The zero-order valence-electron chi connectivity index (χ0n) is 13.2. The third-order valence-corrected chi connectivity index (χ3v) is 3.89. The quantitative estimate of drug-likeness (QED) is 0.411. The molecule has 0 unspecified atom stereocenters. The van der Waals surface area contributed by atoms with Crippen LogP contribution in [0.1, 0.15) is 18.4 Å². The summed E-state index contributed by atoms with van der Waals surface area (Å²) in [4.78, 5) is 21.9. The highest BCUT2D eigenvalue weighted by atomic mass is 79.9. The molecule has 25 heavy (non-hydrogen) atoms. The van der Waals surface area contributed by atoms with E-state index in [1.807, 2.05) is 24.3 Å². The minimum atomic E-state index is -0.579. The van der Waals surface area contributed by atoms with Crippen LogP contribution in [0.3, 0.4) is 0 Å². The summed E-state index contributed by atoms with van der Waals surface area (Å²) in [5.41, 5.74) is 0.0143. The second-order valence-corrected chi connectivity index (χ2v) is 6.15. The predicted octanol–water partition coefficient (Wildman–Crippen LogP) is 2.91. The average Bonchev–Trinajstić information content (AvgIpc) is 2.59. The lowest BCUT2D eigenvalue weighted by Crippen LogP contribution is -2.23. The largest absolute Gasteiger partial charge is 0.872 e. The van der Waals surface area contributed by atoms with Crippen molar-refractivity contribution in [3.8, 4) is 11.5 Å². The Hall–Kier alpha value is -2.61. The number of nitro benzene ring substituents is 1. The molecule has 0 saturated carbocycles. The molecule has 2 aromatic carbocycles. The summed E-state index contributed by atoms with van der Waals surface area (Å²) in [7, 11) is 0. The highest BCUT2D eigenvalue weighted by Crippen LogP contribution is 2.20. The lowest BCUT2D eigenvalue weighted by molar-refractivity contribution is -0.385. The van der Waals surface area contributed by atoms with Gasteiger partial charge >= 0.3 is 0 Å². The number of carbonyl (C=O) groups is 1. The summed E-state index contributed by atoms with van der Waals surface area (Å²) in [6.07, 6.45) is 0.751. The molecule has 0 fully saturated rings. The van der Waals surface area contributed by atoms with Gasteiger partial charge in [0, 0.05) is 29.6 Å². The number of nitrogens with one attached hydrogen (secondary N) is 1. The van der Waals surface area contributed by atoms with E-state index >= 15 is 0 Å². The number of ether oxygens (including phenoxy) is 1. The molecule has 7 nitrogen and oxygen atoms in total. The van der Waals surface area contributed by atoms with Crippen LogP contribution in [-0.2, 0) is 11.3 Å². The van der Waals surface area contributed by atoms with Crippen LogP contribution in [0.25, 0.3) is 0 Å². The third kappa shape index (κ3) is 6.07. The summed E-state index contributed by atoms with van der Waals surface area (Å²) in [5.74, 6) is 0.131. The number of rotatable bonds is 8. The van der Waals surface area contributed by atoms with Crippen molar-refractivity contribution in [1.82, 2.24) is 5.32 Å². The molecule has 0 aliphatic heterocycles. The number of nitrogens with zero attached hydrogens (tertiary/aromatic N) is 1. The van der Waals surface area contributed by atoms with Gasteiger partial charge in [0.2, 0.25) is 5.91 Å². The molecule has 0 atom stereocenters. The second kappa shape index (κ2) is 9.03. The zero-order valence-corrected chi connectivity index (χ0v) is 14.8.